The molecular formula is C13H17NO. The highest BCUT2D eigenvalue weighted by Crippen LogP contribution is 2.38. The van der Waals surface area contributed by atoms with Gasteiger partial charge in [-0.3, -0.25) is 4.79 Å². The third kappa shape index (κ3) is 2.20. The molecule has 1 aromatic carbocycles. The molecule has 0 aromatic heterocycles. The molecule has 1 aliphatic carbocycles. The Balaban J connectivity index is 2.04. The molecule has 0 saturated heterocycles. The van der Waals surface area contributed by atoms with E-state index < -0.39 is 0 Å². The Labute approximate surface area is 90.7 Å². The number of hydrogen-bond donors (Lipinski definition) is 1. The molecule has 1 N–H and O–H groups in total. The van der Waals surface area contributed by atoms with Crippen LogP contribution in [-0.4, -0.2) is 5.91 Å². The van der Waals surface area contributed by atoms with E-state index in [4.69, 9.17) is 0 Å². The molecule has 0 bridgehead atoms. The van der Waals surface area contributed by atoms with Gasteiger partial charge in [0.2, 0.25) is 5.91 Å². The van der Waals surface area contributed by atoms with Crippen LogP contribution in [0.15, 0.2) is 18.2 Å². The number of nitrogens with one attached hydrogen (secondary N) is 1. The monoisotopic (exact) mass is 203 g/mol. The molecule has 0 heterocycles. The van der Waals surface area contributed by atoms with Gasteiger partial charge in [0.25, 0.3) is 0 Å². The first-order valence-corrected chi connectivity index (χ1v) is 5.46. The van der Waals surface area contributed by atoms with Gasteiger partial charge in [-0.1, -0.05) is 13.0 Å². The SMILES string of the molecule is Cc1ccc(NC(=O)[C@@H]2C[C@@H]2C)cc1C. The number of amides is 1. The van der Waals surface area contributed by atoms with Crippen molar-refractivity contribution in [1.29, 1.82) is 0 Å². The second-order valence-electron chi connectivity index (χ2n) is 4.61. The third-order valence-corrected chi connectivity index (χ3v) is 3.22. The van der Waals surface area contributed by atoms with Crippen LogP contribution in [0.2, 0.25) is 0 Å². The maximum Gasteiger partial charge on any atom is 0.227 e. The molecule has 2 nitrogen and oxygen atoms in total. The summed E-state index contributed by atoms with van der Waals surface area (Å²) in [6, 6.07) is 6.04. The summed E-state index contributed by atoms with van der Waals surface area (Å²) < 4.78 is 0. The highest BCUT2D eigenvalue weighted by Gasteiger charge is 2.38. The van der Waals surface area contributed by atoms with Gasteiger partial charge in [-0.15, -0.1) is 0 Å². The lowest BCUT2D eigenvalue weighted by atomic mass is 10.1. The Morgan fingerprint density at radius 1 is 1.33 bits per heavy atom. The van der Waals surface area contributed by atoms with Crippen LogP contribution in [-0.2, 0) is 4.79 Å². The van der Waals surface area contributed by atoms with Crippen LogP contribution in [0.5, 0.6) is 0 Å². The van der Waals surface area contributed by atoms with Gasteiger partial charge in [0.15, 0.2) is 0 Å². The molecule has 0 spiro atoms. The lowest BCUT2D eigenvalue weighted by Crippen LogP contribution is -2.14. The molecule has 1 aromatic rings. The van der Waals surface area contributed by atoms with Crippen molar-refractivity contribution in [3.05, 3.63) is 29.3 Å². The summed E-state index contributed by atoms with van der Waals surface area (Å²) in [5, 5.41) is 2.96. The largest absolute Gasteiger partial charge is 0.326 e. The molecule has 1 fully saturated rings. The van der Waals surface area contributed by atoms with Crippen LogP contribution in [0, 0.1) is 25.7 Å². The van der Waals surface area contributed by atoms with E-state index in [1.165, 1.54) is 11.1 Å². The van der Waals surface area contributed by atoms with Crippen molar-refractivity contribution < 1.29 is 4.79 Å². The summed E-state index contributed by atoms with van der Waals surface area (Å²) in [6.45, 7) is 6.25. The number of aryl methyl sites for hydroxylation is 2. The van der Waals surface area contributed by atoms with Gasteiger partial charge in [-0.25, -0.2) is 0 Å². The zero-order chi connectivity index (χ0) is 11.0. The molecule has 0 aliphatic heterocycles. The summed E-state index contributed by atoms with van der Waals surface area (Å²) in [5.74, 6) is 0.980. The predicted octanol–water partition coefficient (Wildman–Crippen LogP) is 2.90. The van der Waals surface area contributed by atoms with Crippen LogP contribution in [0.1, 0.15) is 24.5 Å². The van der Waals surface area contributed by atoms with Gasteiger partial charge in [0.1, 0.15) is 0 Å². The van der Waals surface area contributed by atoms with Crippen LogP contribution in [0.3, 0.4) is 0 Å². The smallest absolute Gasteiger partial charge is 0.227 e. The fourth-order valence-electron chi connectivity index (χ4n) is 1.74. The summed E-state index contributed by atoms with van der Waals surface area (Å²) in [7, 11) is 0. The van der Waals surface area contributed by atoms with E-state index in [0.717, 1.165) is 12.1 Å². The number of benzene rings is 1. The summed E-state index contributed by atoms with van der Waals surface area (Å²) >= 11 is 0. The predicted molar refractivity (Wildman–Crippen MR) is 61.8 cm³/mol. The highest BCUT2D eigenvalue weighted by molar-refractivity contribution is 5.94. The molecular weight excluding hydrogens is 186 g/mol. The Hall–Kier alpha value is -1.31. The number of anilines is 1. The number of hydrogen-bond acceptors (Lipinski definition) is 1. The minimum absolute atomic E-state index is 0.172. The van der Waals surface area contributed by atoms with Crippen molar-refractivity contribution >= 4 is 11.6 Å². The average molecular weight is 203 g/mol. The highest BCUT2D eigenvalue weighted by atomic mass is 16.2. The molecule has 1 aliphatic rings. The molecule has 15 heavy (non-hydrogen) atoms. The van der Waals surface area contributed by atoms with E-state index in [9.17, 15) is 4.79 Å². The maximum absolute atomic E-state index is 11.7. The Morgan fingerprint density at radius 3 is 2.53 bits per heavy atom. The summed E-state index contributed by atoms with van der Waals surface area (Å²) in [5.41, 5.74) is 3.40. The van der Waals surface area contributed by atoms with Crippen LogP contribution >= 0.6 is 0 Å². The second-order valence-corrected chi connectivity index (χ2v) is 4.61. The summed E-state index contributed by atoms with van der Waals surface area (Å²) in [6.07, 6.45) is 1.04. The van der Waals surface area contributed by atoms with Crippen molar-refractivity contribution in [2.75, 3.05) is 5.32 Å². The van der Waals surface area contributed by atoms with Crippen molar-refractivity contribution in [2.24, 2.45) is 11.8 Å². The third-order valence-electron chi connectivity index (χ3n) is 3.22. The van der Waals surface area contributed by atoms with Crippen molar-refractivity contribution in [2.45, 2.75) is 27.2 Å². The standard InChI is InChI=1S/C13H17NO/c1-8-4-5-11(6-9(8)2)14-13(15)12-7-10(12)3/h4-6,10,12H,7H2,1-3H3,(H,14,15)/t10-,12+/m0/s1. The molecule has 1 saturated carbocycles. The summed E-state index contributed by atoms with van der Waals surface area (Å²) in [4.78, 5) is 11.7. The first-order valence-electron chi connectivity index (χ1n) is 5.46. The molecule has 80 valence electrons. The lowest BCUT2D eigenvalue weighted by molar-refractivity contribution is -0.117. The molecule has 0 unspecified atom stereocenters. The van der Waals surface area contributed by atoms with Gasteiger partial charge < -0.3 is 5.32 Å². The van der Waals surface area contributed by atoms with E-state index in [1.54, 1.807) is 0 Å². The molecule has 1 amide bonds. The Morgan fingerprint density at radius 2 is 2.00 bits per heavy atom. The van der Waals surface area contributed by atoms with E-state index in [-0.39, 0.29) is 11.8 Å². The Bertz CT molecular complexity index is 398. The number of rotatable bonds is 2. The van der Waals surface area contributed by atoms with Crippen LogP contribution in [0.4, 0.5) is 5.69 Å². The van der Waals surface area contributed by atoms with Gasteiger partial charge >= 0.3 is 0 Å². The molecule has 2 atom stereocenters. The maximum atomic E-state index is 11.7. The van der Waals surface area contributed by atoms with Crippen molar-refractivity contribution in [3.63, 3.8) is 0 Å². The minimum Gasteiger partial charge on any atom is -0.326 e. The fourth-order valence-corrected chi connectivity index (χ4v) is 1.74. The van der Waals surface area contributed by atoms with E-state index >= 15 is 0 Å². The van der Waals surface area contributed by atoms with Crippen molar-refractivity contribution in [3.8, 4) is 0 Å². The van der Waals surface area contributed by atoms with Crippen LogP contribution in [0.25, 0.3) is 0 Å². The fraction of sp³-hybridized carbons (Fsp3) is 0.462. The normalized spacial score (nSPS) is 23.7. The zero-order valence-corrected chi connectivity index (χ0v) is 9.50. The molecule has 2 rings (SSSR count). The lowest BCUT2D eigenvalue weighted by Gasteiger charge is -2.07. The van der Waals surface area contributed by atoms with Crippen LogP contribution < -0.4 is 5.32 Å². The topological polar surface area (TPSA) is 29.1 Å². The van der Waals surface area contributed by atoms with Gasteiger partial charge in [-0.2, -0.15) is 0 Å². The van der Waals surface area contributed by atoms with Crippen molar-refractivity contribution in [1.82, 2.24) is 0 Å². The molecule has 2 heteroatoms. The zero-order valence-electron chi connectivity index (χ0n) is 9.50. The van der Waals surface area contributed by atoms with Gasteiger partial charge in [0, 0.05) is 11.6 Å². The number of carbonyl (C=O) groups is 1. The van der Waals surface area contributed by atoms with Gasteiger partial charge in [0.05, 0.1) is 0 Å². The first-order chi connectivity index (χ1) is 7.08. The van der Waals surface area contributed by atoms with Gasteiger partial charge in [-0.05, 0) is 49.4 Å². The second kappa shape index (κ2) is 3.69. The van der Waals surface area contributed by atoms with E-state index in [0.29, 0.717) is 5.92 Å². The Kier molecular flexibility index (Phi) is 2.51. The minimum atomic E-state index is 0.172. The first kappa shape index (κ1) is 10.2. The molecule has 0 radical (unpaired) electrons. The average Bonchev–Trinajstić information content (AvgIpc) is 2.89. The quantitative estimate of drug-likeness (QED) is 0.786. The number of carbonyl (C=O) groups excluding carboxylic acids is 1. The van der Waals surface area contributed by atoms with E-state index in [2.05, 4.69) is 26.1 Å². The van der Waals surface area contributed by atoms with E-state index in [1.807, 2.05) is 18.2 Å².